The molecule has 1 heterocycles. The molecule has 0 fully saturated rings. The van der Waals surface area contributed by atoms with Gasteiger partial charge in [-0.15, -0.1) is 11.3 Å². The number of hydrogen-bond donors (Lipinski definition) is 0. The molecule has 0 amide bonds. The van der Waals surface area contributed by atoms with Crippen LogP contribution in [0, 0.1) is 0 Å². The first kappa shape index (κ1) is 18.8. The van der Waals surface area contributed by atoms with E-state index in [1.165, 1.54) is 50.0 Å². The van der Waals surface area contributed by atoms with E-state index >= 15 is 0 Å². The number of benzene rings is 4. The fraction of sp³-hybridized carbons (Fsp3) is 0.0333. The highest BCUT2D eigenvalue weighted by Crippen LogP contribution is 2.62. The van der Waals surface area contributed by atoms with Crippen LogP contribution in [0.25, 0.3) is 32.7 Å². The molecule has 1 aromatic heterocycles. The summed E-state index contributed by atoms with van der Waals surface area (Å²) in [5.74, 6) is 0. The van der Waals surface area contributed by atoms with Crippen LogP contribution < -0.4 is 5.46 Å². The van der Waals surface area contributed by atoms with Crippen molar-refractivity contribution in [1.29, 1.82) is 0 Å². The Morgan fingerprint density at radius 1 is 0.636 bits per heavy atom. The molecule has 0 unspecified atom stereocenters. The zero-order chi connectivity index (χ0) is 22.2. The Kier molecular flexibility index (Phi) is 3.80. The average molecular weight is 438 g/mol. The summed E-state index contributed by atoms with van der Waals surface area (Å²) in [5, 5.41) is 0. The monoisotopic (exact) mass is 438 g/mol. The van der Waals surface area contributed by atoms with Gasteiger partial charge in [0.1, 0.15) is 7.85 Å². The Bertz CT molecular complexity index is 1560. The molecule has 0 atom stereocenters. The van der Waals surface area contributed by atoms with Gasteiger partial charge in [0.05, 0.1) is 10.3 Å². The minimum Gasteiger partial charge on any atom is -0.297 e. The fourth-order valence-electron chi connectivity index (χ4n) is 5.98. The Morgan fingerprint density at radius 3 is 1.91 bits per heavy atom. The van der Waals surface area contributed by atoms with E-state index in [0.29, 0.717) is 0 Å². The first-order valence-electron chi connectivity index (χ1n) is 11.2. The quantitative estimate of drug-likeness (QED) is 0.245. The Labute approximate surface area is 197 Å². The van der Waals surface area contributed by atoms with Gasteiger partial charge in [-0.2, -0.15) is 0 Å². The topological polar surface area (TPSA) is 17.1 Å². The van der Waals surface area contributed by atoms with Gasteiger partial charge in [-0.05, 0) is 68.3 Å². The first-order valence-corrected chi connectivity index (χ1v) is 12.0. The van der Waals surface area contributed by atoms with E-state index in [4.69, 9.17) is 0 Å². The van der Waals surface area contributed by atoms with Crippen LogP contribution in [-0.4, -0.2) is 14.1 Å². The molecule has 0 saturated carbocycles. The summed E-state index contributed by atoms with van der Waals surface area (Å²) in [5.41, 5.74) is 12.8. The highest BCUT2D eigenvalue weighted by Gasteiger charge is 2.51. The van der Waals surface area contributed by atoms with Crippen molar-refractivity contribution in [3.63, 3.8) is 0 Å². The maximum absolute atomic E-state index is 11.3. The molecule has 0 aliphatic heterocycles. The van der Waals surface area contributed by atoms with Gasteiger partial charge in [0, 0.05) is 4.88 Å². The molecule has 3 heteroatoms. The van der Waals surface area contributed by atoms with Gasteiger partial charge in [-0.1, -0.05) is 84.3 Å². The molecule has 2 aliphatic rings. The van der Waals surface area contributed by atoms with Crippen molar-refractivity contribution >= 4 is 30.9 Å². The molecule has 4 aromatic carbocycles. The molecular weight excluding hydrogens is 419 g/mol. The molecular formula is C30H19BOS. The predicted octanol–water partition coefficient (Wildman–Crippen LogP) is 5.83. The Balaban J connectivity index is 1.62. The molecule has 0 N–H and O–H groups in total. The summed E-state index contributed by atoms with van der Waals surface area (Å²) in [6.07, 6.45) is 0.936. The van der Waals surface area contributed by atoms with Crippen LogP contribution in [-0.2, 0) is 5.41 Å². The van der Waals surface area contributed by atoms with Crippen LogP contribution in [0.3, 0.4) is 0 Å². The summed E-state index contributed by atoms with van der Waals surface area (Å²) < 4.78 is 0. The van der Waals surface area contributed by atoms with Gasteiger partial charge in [0.2, 0.25) is 0 Å². The van der Waals surface area contributed by atoms with Crippen LogP contribution in [0.5, 0.6) is 0 Å². The smallest absolute Gasteiger partial charge is 0.160 e. The van der Waals surface area contributed by atoms with Crippen LogP contribution in [0.2, 0.25) is 0 Å². The third kappa shape index (κ3) is 2.35. The van der Waals surface area contributed by atoms with E-state index in [9.17, 15) is 4.79 Å². The third-order valence-corrected chi connectivity index (χ3v) is 8.33. The second-order valence-electron chi connectivity index (χ2n) is 8.97. The van der Waals surface area contributed by atoms with Gasteiger partial charge in [-0.3, -0.25) is 4.79 Å². The molecule has 2 aliphatic carbocycles. The lowest BCUT2D eigenvalue weighted by atomic mass is 9.69. The minimum absolute atomic E-state index is 0.329. The fourth-order valence-corrected chi connectivity index (χ4v) is 6.80. The Hall–Kier alpha value is -3.69. The van der Waals surface area contributed by atoms with E-state index in [2.05, 4.69) is 98.8 Å². The zero-order valence-electron chi connectivity index (χ0n) is 18.1. The molecule has 7 rings (SSSR count). The average Bonchev–Trinajstić information content (AvgIpc) is 3.53. The van der Waals surface area contributed by atoms with Gasteiger partial charge < -0.3 is 0 Å². The molecule has 5 aromatic rings. The van der Waals surface area contributed by atoms with Crippen molar-refractivity contribution in [3.8, 4) is 32.7 Å². The maximum Gasteiger partial charge on any atom is 0.160 e. The van der Waals surface area contributed by atoms with Crippen molar-refractivity contribution in [3.05, 3.63) is 124 Å². The van der Waals surface area contributed by atoms with Crippen LogP contribution in [0.1, 0.15) is 31.9 Å². The standard InChI is InChI=1S/C30H19BOS/c31-19-10-13-24-23-12-9-18(29-14-11-20(17-32)33-29)15-27(23)30(28(24)16-19)25-7-3-1-5-21(25)22-6-2-4-8-26(22)30/h1-17H,31H2. The molecule has 33 heavy (non-hydrogen) atoms. The molecule has 1 spiro atoms. The van der Waals surface area contributed by atoms with Crippen molar-refractivity contribution in [1.82, 2.24) is 0 Å². The van der Waals surface area contributed by atoms with Crippen molar-refractivity contribution in [2.75, 3.05) is 0 Å². The second kappa shape index (κ2) is 6.66. The van der Waals surface area contributed by atoms with Crippen molar-refractivity contribution < 1.29 is 4.79 Å². The summed E-state index contributed by atoms with van der Waals surface area (Å²) in [4.78, 5) is 13.2. The first-order chi connectivity index (χ1) is 16.2. The second-order valence-corrected chi connectivity index (χ2v) is 10.1. The van der Waals surface area contributed by atoms with Gasteiger partial charge in [0.25, 0.3) is 0 Å². The number of rotatable bonds is 2. The van der Waals surface area contributed by atoms with Gasteiger partial charge in [-0.25, -0.2) is 0 Å². The lowest BCUT2D eigenvalue weighted by Crippen LogP contribution is -2.27. The zero-order valence-corrected chi connectivity index (χ0v) is 18.9. The highest BCUT2D eigenvalue weighted by molar-refractivity contribution is 7.17. The van der Waals surface area contributed by atoms with Gasteiger partial charge in [0.15, 0.2) is 6.29 Å². The van der Waals surface area contributed by atoms with Crippen LogP contribution in [0.4, 0.5) is 0 Å². The predicted molar refractivity (Wildman–Crippen MR) is 140 cm³/mol. The summed E-state index contributed by atoms with van der Waals surface area (Å²) in [6.45, 7) is 0. The van der Waals surface area contributed by atoms with E-state index in [1.54, 1.807) is 11.3 Å². The van der Waals surface area contributed by atoms with E-state index in [-0.39, 0.29) is 5.41 Å². The lowest BCUT2D eigenvalue weighted by molar-refractivity contribution is 0.112. The van der Waals surface area contributed by atoms with Crippen LogP contribution >= 0.6 is 11.3 Å². The molecule has 0 bridgehead atoms. The lowest BCUT2D eigenvalue weighted by Gasteiger charge is -2.31. The summed E-state index contributed by atoms with van der Waals surface area (Å²) in [6, 6.07) is 35.5. The molecule has 0 radical (unpaired) electrons. The molecule has 1 nitrogen and oxygen atoms in total. The summed E-state index contributed by atoms with van der Waals surface area (Å²) >= 11 is 1.55. The normalized spacial score (nSPS) is 13.9. The minimum atomic E-state index is -0.329. The summed E-state index contributed by atoms with van der Waals surface area (Å²) in [7, 11) is 2.18. The number of carbonyl (C=O) groups excluding carboxylic acids is 1. The largest absolute Gasteiger partial charge is 0.297 e. The SMILES string of the molecule is Bc1ccc2c(c1)C1(c3ccccc3-c3ccccc31)c1cc(-c3ccc(C=O)s3)ccc1-2. The van der Waals surface area contributed by atoms with Crippen LogP contribution in [0.15, 0.2) is 97.1 Å². The number of fused-ring (bicyclic) bond motifs is 10. The highest BCUT2D eigenvalue weighted by atomic mass is 32.1. The molecule has 154 valence electrons. The van der Waals surface area contributed by atoms with E-state index in [1.807, 2.05) is 6.07 Å². The third-order valence-electron chi connectivity index (χ3n) is 7.27. The Morgan fingerprint density at radius 2 is 1.24 bits per heavy atom. The maximum atomic E-state index is 11.3. The number of hydrogen-bond acceptors (Lipinski definition) is 2. The number of carbonyl (C=O) groups is 1. The van der Waals surface area contributed by atoms with Crippen molar-refractivity contribution in [2.45, 2.75) is 5.41 Å². The van der Waals surface area contributed by atoms with Gasteiger partial charge >= 0.3 is 0 Å². The number of thiophene rings is 1. The molecule has 0 saturated heterocycles. The van der Waals surface area contributed by atoms with E-state index in [0.717, 1.165) is 21.6 Å². The van der Waals surface area contributed by atoms with E-state index < -0.39 is 0 Å². The van der Waals surface area contributed by atoms with Crippen molar-refractivity contribution in [2.24, 2.45) is 0 Å². The number of aldehydes is 1.